The number of nitro groups is 1. The highest BCUT2D eigenvalue weighted by Crippen LogP contribution is 2.24. The van der Waals surface area contributed by atoms with E-state index in [0.29, 0.717) is 0 Å². The van der Waals surface area contributed by atoms with Crippen molar-refractivity contribution >= 4 is 29.1 Å². The molecule has 2 N–H and O–H groups in total. The molecule has 114 valence electrons. The third-order valence-corrected chi connectivity index (χ3v) is 2.65. The number of hydrogen-bond donors (Lipinski definition) is 2. The topological polar surface area (TPSA) is 101 Å². The number of carbonyl (C=O) groups excluding carboxylic acids is 2. The molecule has 0 aliphatic rings. The smallest absolute Gasteiger partial charge is 0.288 e. The van der Waals surface area contributed by atoms with Crippen LogP contribution in [0.3, 0.4) is 0 Å². The first kappa shape index (κ1) is 16.9. The van der Waals surface area contributed by atoms with Crippen LogP contribution in [-0.2, 0) is 4.79 Å². The molecule has 1 aromatic rings. The largest absolute Gasteiger partial charge is 0.350 e. The number of amides is 2. The van der Waals surface area contributed by atoms with Gasteiger partial charge in [-0.3, -0.25) is 19.7 Å². The molecular formula is C13H16ClN3O4. The van der Waals surface area contributed by atoms with Crippen LogP contribution >= 0.6 is 11.6 Å². The summed E-state index contributed by atoms with van der Waals surface area (Å²) >= 11 is 5.66. The van der Waals surface area contributed by atoms with Crippen molar-refractivity contribution in [3.63, 3.8) is 0 Å². The molecule has 1 rings (SSSR count). The Balaban J connectivity index is 2.71. The van der Waals surface area contributed by atoms with Gasteiger partial charge in [0.15, 0.2) is 0 Å². The highest BCUT2D eigenvalue weighted by Gasteiger charge is 2.18. The zero-order valence-electron chi connectivity index (χ0n) is 11.9. The molecule has 0 atom stereocenters. The molecule has 0 saturated carbocycles. The zero-order valence-corrected chi connectivity index (χ0v) is 12.7. The molecule has 8 heteroatoms. The zero-order chi connectivity index (χ0) is 16.2. The number of nitro benzene ring substituents is 1. The first-order valence-corrected chi connectivity index (χ1v) is 6.51. The maximum Gasteiger partial charge on any atom is 0.288 e. The summed E-state index contributed by atoms with van der Waals surface area (Å²) in [4.78, 5) is 33.5. The van der Waals surface area contributed by atoms with Gasteiger partial charge in [-0.2, -0.15) is 0 Å². The van der Waals surface area contributed by atoms with E-state index in [0.717, 1.165) is 6.07 Å². The van der Waals surface area contributed by atoms with Gasteiger partial charge in [0.25, 0.3) is 11.6 Å². The summed E-state index contributed by atoms with van der Waals surface area (Å²) in [5.41, 5.74) is -0.695. The van der Waals surface area contributed by atoms with Gasteiger partial charge in [-0.05, 0) is 32.9 Å². The Hall–Kier alpha value is -2.15. The van der Waals surface area contributed by atoms with Crippen molar-refractivity contribution in [3.8, 4) is 0 Å². The van der Waals surface area contributed by atoms with E-state index in [-0.39, 0.29) is 28.7 Å². The molecule has 1 aromatic carbocycles. The third-order valence-electron chi connectivity index (χ3n) is 2.33. The van der Waals surface area contributed by atoms with Gasteiger partial charge in [0, 0.05) is 17.2 Å². The molecule has 0 radical (unpaired) electrons. The fourth-order valence-corrected chi connectivity index (χ4v) is 1.71. The second-order valence-electron chi connectivity index (χ2n) is 5.40. The van der Waals surface area contributed by atoms with Crippen molar-refractivity contribution in [1.82, 2.24) is 10.6 Å². The minimum atomic E-state index is -0.675. The first-order chi connectivity index (χ1) is 9.60. The number of hydrogen-bond acceptors (Lipinski definition) is 4. The van der Waals surface area contributed by atoms with Crippen LogP contribution in [0.25, 0.3) is 0 Å². The van der Waals surface area contributed by atoms with E-state index in [9.17, 15) is 19.7 Å². The molecule has 0 fully saturated rings. The lowest BCUT2D eigenvalue weighted by atomic mass is 10.1. The van der Waals surface area contributed by atoms with Gasteiger partial charge in [-0.25, -0.2) is 0 Å². The summed E-state index contributed by atoms with van der Waals surface area (Å²) in [5.74, 6) is -0.932. The number of rotatable bonds is 4. The second kappa shape index (κ2) is 6.53. The van der Waals surface area contributed by atoms with Gasteiger partial charge in [-0.15, -0.1) is 0 Å². The molecule has 7 nitrogen and oxygen atoms in total. The predicted octanol–water partition coefficient (Wildman–Crippen LogP) is 1.89. The van der Waals surface area contributed by atoms with Gasteiger partial charge in [0.05, 0.1) is 11.5 Å². The number of nitrogens with zero attached hydrogens (tertiary/aromatic N) is 1. The molecule has 0 aliphatic carbocycles. The Labute approximate surface area is 126 Å². The monoisotopic (exact) mass is 313 g/mol. The first-order valence-electron chi connectivity index (χ1n) is 6.13. The molecular weight excluding hydrogens is 298 g/mol. The summed E-state index contributed by atoms with van der Waals surface area (Å²) in [6.45, 7) is 5.23. The minimum Gasteiger partial charge on any atom is -0.350 e. The minimum absolute atomic E-state index is 0.0537. The predicted molar refractivity (Wildman–Crippen MR) is 78.3 cm³/mol. The van der Waals surface area contributed by atoms with Crippen LogP contribution in [0.15, 0.2) is 18.2 Å². The molecule has 0 unspecified atom stereocenters. The highest BCUT2D eigenvalue weighted by molar-refractivity contribution is 6.32. The molecule has 0 bridgehead atoms. The molecule has 21 heavy (non-hydrogen) atoms. The van der Waals surface area contributed by atoms with Crippen molar-refractivity contribution < 1.29 is 14.5 Å². The van der Waals surface area contributed by atoms with Crippen LogP contribution in [0.2, 0.25) is 5.02 Å². The van der Waals surface area contributed by atoms with Crippen molar-refractivity contribution in [2.45, 2.75) is 26.3 Å². The lowest BCUT2D eigenvalue weighted by Crippen LogP contribution is -2.45. The van der Waals surface area contributed by atoms with E-state index >= 15 is 0 Å². The lowest BCUT2D eigenvalue weighted by Gasteiger charge is -2.20. The Bertz CT molecular complexity index is 581. The molecule has 0 aliphatic heterocycles. The standard InChI is InChI=1S/C13H16ClN3O4/c1-13(2,3)16-11(18)7-15-12(19)8-4-5-9(14)10(6-8)17(20)21/h4-6H,7H2,1-3H3,(H,15,19)(H,16,18). The number of nitrogens with one attached hydrogen (secondary N) is 2. The second-order valence-corrected chi connectivity index (χ2v) is 5.81. The van der Waals surface area contributed by atoms with Crippen LogP contribution in [0.1, 0.15) is 31.1 Å². The van der Waals surface area contributed by atoms with Crippen LogP contribution < -0.4 is 10.6 Å². The van der Waals surface area contributed by atoms with E-state index in [1.165, 1.54) is 12.1 Å². The Morgan fingerprint density at radius 3 is 2.48 bits per heavy atom. The van der Waals surface area contributed by atoms with Crippen LogP contribution in [0.4, 0.5) is 5.69 Å². The van der Waals surface area contributed by atoms with Crippen LogP contribution in [-0.4, -0.2) is 28.8 Å². The third kappa shape index (κ3) is 5.39. The molecule has 2 amide bonds. The molecule has 0 spiro atoms. The molecule has 0 heterocycles. The highest BCUT2D eigenvalue weighted by atomic mass is 35.5. The van der Waals surface area contributed by atoms with E-state index in [4.69, 9.17) is 11.6 Å². The number of carbonyl (C=O) groups is 2. The summed E-state index contributed by atoms with van der Waals surface area (Å²) in [6.07, 6.45) is 0. The number of halogens is 1. The van der Waals surface area contributed by atoms with Crippen LogP contribution in [0, 0.1) is 10.1 Å². The van der Waals surface area contributed by atoms with Gasteiger partial charge in [0.2, 0.25) is 5.91 Å². The summed E-state index contributed by atoms with van der Waals surface area (Å²) in [7, 11) is 0. The fraction of sp³-hybridized carbons (Fsp3) is 0.385. The van der Waals surface area contributed by atoms with E-state index < -0.39 is 16.4 Å². The van der Waals surface area contributed by atoms with E-state index in [1.807, 2.05) is 20.8 Å². The average Bonchev–Trinajstić information content (AvgIpc) is 2.34. The van der Waals surface area contributed by atoms with Gasteiger partial charge < -0.3 is 10.6 Å². The summed E-state index contributed by atoms with van der Waals surface area (Å²) in [6, 6.07) is 3.69. The summed E-state index contributed by atoms with van der Waals surface area (Å²) < 4.78 is 0. The maximum atomic E-state index is 11.8. The normalized spacial score (nSPS) is 10.9. The molecule has 0 aromatic heterocycles. The van der Waals surface area contributed by atoms with E-state index in [1.54, 1.807) is 0 Å². The quantitative estimate of drug-likeness (QED) is 0.654. The molecule has 0 saturated heterocycles. The van der Waals surface area contributed by atoms with Gasteiger partial charge in [0.1, 0.15) is 5.02 Å². The van der Waals surface area contributed by atoms with Crippen LogP contribution in [0.5, 0.6) is 0 Å². The Morgan fingerprint density at radius 2 is 1.95 bits per heavy atom. The SMILES string of the molecule is CC(C)(C)NC(=O)CNC(=O)c1ccc(Cl)c([N+](=O)[O-])c1. The summed E-state index contributed by atoms with van der Waals surface area (Å²) in [5, 5.41) is 15.8. The van der Waals surface area contributed by atoms with Gasteiger partial charge >= 0.3 is 0 Å². The van der Waals surface area contributed by atoms with Gasteiger partial charge in [-0.1, -0.05) is 11.6 Å². The van der Waals surface area contributed by atoms with E-state index in [2.05, 4.69) is 10.6 Å². The average molecular weight is 314 g/mol. The number of benzene rings is 1. The fourth-order valence-electron chi connectivity index (χ4n) is 1.52. The Kier molecular flexibility index (Phi) is 5.26. The van der Waals surface area contributed by atoms with Crippen molar-refractivity contribution in [3.05, 3.63) is 38.9 Å². The Morgan fingerprint density at radius 1 is 1.33 bits per heavy atom. The van der Waals surface area contributed by atoms with Crippen molar-refractivity contribution in [2.75, 3.05) is 6.54 Å². The van der Waals surface area contributed by atoms with Crippen molar-refractivity contribution in [2.24, 2.45) is 0 Å². The van der Waals surface area contributed by atoms with Crippen molar-refractivity contribution in [1.29, 1.82) is 0 Å². The lowest BCUT2D eigenvalue weighted by molar-refractivity contribution is -0.384. The maximum absolute atomic E-state index is 11.8.